The van der Waals surface area contributed by atoms with E-state index in [1.165, 1.54) is 12.1 Å². The van der Waals surface area contributed by atoms with Crippen LogP contribution in [0.4, 0.5) is 5.95 Å². The van der Waals surface area contributed by atoms with Crippen molar-refractivity contribution in [1.29, 1.82) is 0 Å². The van der Waals surface area contributed by atoms with Gasteiger partial charge in [0.2, 0.25) is 5.95 Å². The predicted octanol–water partition coefficient (Wildman–Crippen LogP) is 2.21. The van der Waals surface area contributed by atoms with Crippen LogP contribution in [0, 0.1) is 5.41 Å². The fourth-order valence-corrected chi connectivity index (χ4v) is 1.98. The average Bonchev–Trinajstić information content (AvgIpc) is 2.70. The van der Waals surface area contributed by atoms with Crippen molar-refractivity contribution in [2.24, 2.45) is 5.41 Å². The van der Waals surface area contributed by atoms with E-state index in [0.717, 1.165) is 25.5 Å². The maximum Gasteiger partial charge on any atom is 0.202 e. The molecular weight excluding hydrogens is 174 g/mol. The van der Waals surface area contributed by atoms with E-state index < -0.39 is 0 Å². The molecule has 1 aromatic heterocycles. The number of rotatable bonds is 2. The Balaban J connectivity index is 2.09. The van der Waals surface area contributed by atoms with Gasteiger partial charge in [-0.05, 0) is 18.3 Å². The summed E-state index contributed by atoms with van der Waals surface area (Å²) in [5.41, 5.74) is 1.67. The molecule has 78 valence electrons. The molecule has 14 heavy (non-hydrogen) atoms. The number of H-pyrrole nitrogens is 1. The van der Waals surface area contributed by atoms with Gasteiger partial charge in [-0.15, -0.1) is 0 Å². The van der Waals surface area contributed by atoms with Crippen molar-refractivity contribution in [3.63, 3.8) is 0 Å². The number of nitrogens with one attached hydrogen (secondary N) is 1. The molecule has 2 rings (SSSR count). The summed E-state index contributed by atoms with van der Waals surface area (Å²) < 4.78 is 0. The van der Waals surface area contributed by atoms with Gasteiger partial charge in [0.05, 0.1) is 6.20 Å². The van der Waals surface area contributed by atoms with Crippen LogP contribution in [0.15, 0.2) is 6.20 Å². The van der Waals surface area contributed by atoms with Crippen LogP contribution in [0.1, 0.15) is 32.9 Å². The van der Waals surface area contributed by atoms with Gasteiger partial charge < -0.3 is 9.88 Å². The molecule has 0 bridgehead atoms. The third kappa shape index (κ3) is 1.76. The number of aromatic amines is 1. The maximum absolute atomic E-state index is 4.40. The van der Waals surface area contributed by atoms with E-state index in [1.807, 2.05) is 6.20 Å². The summed E-state index contributed by atoms with van der Waals surface area (Å²) in [6.45, 7) is 9.02. The summed E-state index contributed by atoms with van der Waals surface area (Å²) in [5.74, 6) is 1.05. The van der Waals surface area contributed by atoms with Gasteiger partial charge in [0.1, 0.15) is 0 Å². The van der Waals surface area contributed by atoms with Crippen LogP contribution >= 0.6 is 0 Å². The number of aryl methyl sites for hydroxylation is 1. The second-order valence-electron chi connectivity index (χ2n) is 4.92. The zero-order valence-electron chi connectivity index (χ0n) is 9.30. The van der Waals surface area contributed by atoms with Crippen LogP contribution in [0.5, 0.6) is 0 Å². The van der Waals surface area contributed by atoms with Crippen molar-refractivity contribution in [2.45, 2.75) is 33.6 Å². The summed E-state index contributed by atoms with van der Waals surface area (Å²) >= 11 is 0. The van der Waals surface area contributed by atoms with Crippen molar-refractivity contribution in [3.8, 4) is 0 Å². The van der Waals surface area contributed by atoms with Crippen LogP contribution in [0.25, 0.3) is 0 Å². The number of hydrogen-bond acceptors (Lipinski definition) is 2. The van der Waals surface area contributed by atoms with E-state index in [9.17, 15) is 0 Å². The molecule has 0 aromatic carbocycles. The molecule has 0 radical (unpaired) electrons. The first kappa shape index (κ1) is 9.56. The molecule has 0 spiro atoms. The third-order valence-corrected chi connectivity index (χ3v) is 2.97. The van der Waals surface area contributed by atoms with Gasteiger partial charge in [-0.1, -0.05) is 20.8 Å². The van der Waals surface area contributed by atoms with Gasteiger partial charge in [0, 0.05) is 18.8 Å². The highest BCUT2D eigenvalue weighted by molar-refractivity contribution is 5.33. The Morgan fingerprint density at radius 1 is 1.57 bits per heavy atom. The summed E-state index contributed by atoms with van der Waals surface area (Å²) in [4.78, 5) is 10.1. The van der Waals surface area contributed by atoms with E-state index in [2.05, 4.69) is 35.6 Å². The molecule has 3 nitrogen and oxygen atoms in total. The van der Waals surface area contributed by atoms with E-state index >= 15 is 0 Å². The van der Waals surface area contributed by atoms with Gasteiger partial charge in [-0.3, -0.25) is 0 Å². The Hall–Kier alpha value is -0.990. The first-order chi connectivity index (χ1) is 6.61. The molecule has 2 heterocycles. The number of hydrogen-bond donors (Lipinski definition) is 1. The van der Waals surface area contributed by atoms with Crippen LogP contribution in [-0.4, -0.2) is 23.1 Å². The number of imidazole rings is 1. The second-order valence-corrected chi connectivity index (χ2v) is 4.92. The van der Waals surface area contributed by atoms with Crippen LogP contribution in [0.3, 0.4) is 0 Å². The molecule has 1 aromatic rings. The van der Waals surface area contributed by atoms with Crippen molar-refractivity contribution in [2.75, 3.05) is 18.0 Å². The molecule has 1 aliphatic rings. The van der Waals surface area contributed by atoms with Gasteiger partial charge in [0.25, 0.3) is 0 Å². The van der Waals surface area contributed by atoms with E-state index in [-0.39, 0.29) is 0 Å². The Morgan fingerprint density at radius 3 is 2.86 bits per heavy atom. The lowest BCUT2D eigenvalue weighted by molar-refractivity contribution is 0.418. The zero-order chi connectivity index (χ0) is 10.2. The Kier molecular flexibility index (Phi) is 2.25. The molecule has 1 fully saturated rings. The fraction of sp³-hybridized carbons (Fsp3) is 0.727. The first-order valence-corrected chi connectivity index (χ1v) is 5.39. The van der Waals surface area contributed by atoms with Gasteiger partial charge in [-0.25, -0.2) is 4.98 Å². The minimum atomic E-state index is 0.444. The second kappa shape index (κ2) is 3.30. The SMILES string of the molecule is CCc1cnc(N2CCC(C)(C)C2)[nH]1. The lowest BCUT2D eigenvalue weighted by Crippen LogP contribution is -2.23. The van der Waals surface area contributed by atoms with Crippen molar-refractivity contribution in [1.82, 2.24) is 9.97 Å². The highest BCUT2D eigenvalue weighted by Crippen LogP contribution is 2.30. The summed E-state index contributed by atoms with van der Waals surface area (Å²) in [6, 6.07) is 0. The molecule has 0 aliphatic carbocycles. The van der Waals surface area contributed by atoms with Gasteiger partial charge in [-0.2, -0.15) is 0 Å². The molecule has 1 saturated heterocycles. The predicted molar refractivity (Wildman–Crippen MR) is 58.6 cm³/mol. The third-order valence-electron chi connectivity index (χ3n) is 2.97. The minimum Gasteiger partial charge on any atom is -0.342 e. The lowest BCUT2D eigenvalue weighted by atomic mass is 9.93. The number of aromatic nitrogens is 2. The molecule has 0 atom stereocenters. The first-order valence-electron chi connectivity index (χ1n) is 5.39. The highest BCUT2D eigenvalue weighted by Gasteiger charge is 2.30. The van der Waals surface area contributed by atoms with Gasteiger partial charge >= 0.3 is 0 Å². The van der Waals surface area contributed by atoms with E-state index in [0.29, 0.717) is 5.41 Å². The standard InChI is InChI=1S/C11H19N3/c1-4-9-7-12-10(13-9)14-6-5-11(2,3)8-14/h7H,4-6,8H2,1-3H3,(H,12,13). The lowest BCUT2D eigenvalue weighted by Gasteiger charge is -2.18. The molecule has 0 unspecified atom stereocenters. The Morgan fingerprint density at radius 2 is 2.36 bits per heavy atom. The van der Waals surface area contributed by atoms with E-state index in [1.54, 1.807) is 0 Å². The number of anilines is 1. The average molecular weight is 193 g/mol. The molecule has 0 amide bonds. The van der Waals surface area contributed by atoms with E-state index in [4.69, 9.17) is 0 Å². The maximum atomic E-state index is 4.40. The van der Waals surface area contributed by atoms with Crippen LogP contribution in [0.2, 0.25) is 0 Å². The molecule has 3 heteroatoms. The van der Waals surface area contributed by atoms with Crippen LogP contribution < -0.4 is 4.90 Å². The zero-order valence-corrected chi connectivity index (χ0v) is 9.30. The van der Waals surface area contributed by atoms with Crippen molar-refractivity contribution in [3.05, 3.63) is 11.9 Å². The smallest absolute Gasteiger partial charge is 0.202 e. The fourth-order valence-electron chi connectivity index (χ4n) is 1.98. The Bertz CT molecular complexity index is 314. The van der Waals surface area contributed by atoms with Crippen molar-refractivity contribution < 1.29 is 0 Å². The molecular formula is C11H19N3. The highest BCUT2D eigenvalue weighted by atomic mass is 15.3. The summed E-state index contributed by atoms with van der Waals surface area (Å²) in [6.07, 6.45) is 4.24. The largest absolute Gasteiger partial charge is 0.342 e. The summed E-state index contributed by atoms with van der Waals surface area (Å²) in [5, 5.41) is 0. The van der Waals surface area contributed by atoms with Gasteiger partial charge in [0.15, 0.2) is 0 Å². The summed E-state index contributed by atoms with van der Waals surface area (Å²) in [7, 11) is 0. The topological polar surface area (TPSA) is 31.9 Å². The van der Waals surface area contributed by atoms with Crippen LogP contribution in [-0.2, 0) is 6.42 Å². The minimum absolute atomic E-state index is 0.444. The molecule has 1 N–H and O–H groups in total. The Labute approximate surface area is 85.5 Å². The number of nitrogens with zero attached hydrogens (tertiary/aromatic N) is 2. The quantitative estimate of drug-likeness (QED) is 0.781. The molecule has 1 aliphatic heterocycles. The monoisotopic (exact) mass is 193 g/mol. The molecule has 0 saturated carbocycles. The van der Waals surface area contributed by atoms with Crippen molar-refractivity contribution >= 4 is 5.95 Å². The normalized spacial score (nSPS) is 20.4.